The fourth-order valence-corrected chi connectivity index (χ4v) is 2.03. The molecule has 0 saturated heterocycles. The minimum atomic E-state index is -0.718. The molecule has 1 aromatic rings. The summed E-state index contributed by atoms with van der Waals surface area (Å²) in [6, 6.07) is 5.33. The van der Waals surface area contributed by atoms with Gasteiger partial charge in [-0.3, -0.25) is 4.21 Å². The first-order valence-electron chi connectivity index (χ1n) is 5.50. The molecule has 1 aromatic carbocycles. The first kappa shape index (κ1) is 14.0. The summed E-state index contributed by atoms with van der Waals surface area (Å²) in [5, 5.41) is 12.8. The van der Waals surface area contributed by atoms with Gasteiger partial charge < -0.3 is 15.2 Å². The minimum absolute atomic E-state index is 0.154. The van der Waals surface area contributed by atoms with E-state index < -0.39 is 10.8 Å². The van der Waals surface area contributed by atoms with Crippen molar-refractivity contribution in [3.63, 3.8) is 0 Å². The number of hydrogen-bond donors (Lipinski definition) is 2. The second kappa shape index (κ2) is 7.29. The Morgan fingerprint density at radius 1 is 1.47 bits per heavy atom. The van der Waals surface area contributed by atoms with E-state index in [-0.39, 0.29) is 5.75 Å². The van der Waals surface area contributed by atoms with E-state index in [4.69, 9.17) is 4.74 Å². The summed E-state index contributed by atoms with van der Waals surface area (Å²) in [6.45, 7) is 1.51. The molecule has 0 spiro atoms. The predicted molar refractivity (Wildman–Crippen MR) is 69.9 cm³/mol. The Bertz CT molecular complexity index is 382. The highest BCUT2D eigenvalue weighted by molar-refractivity contribution is 7.84. The van der Waals surface area contributed by atoms with Crippen molar-refractivity contribution < 1.29 is 14.1 Å². The van der Waals surface area contributed by atoms with Crippen molar-refractivity contribution in [3.8, 4) is 11.5 Å². The van der Waals surface area contributed by atoms with Gasteiger partial charge >= 0.3 is 0 Å². The van der Waals surface area contributed by atoms with Gasteiger partial charge in [-0.2, -0.15) is 0 Å². The molecule has 4 nitrogen and oxygen atoms in total. The molecule has 0 aliphatic carbocycles. The molecular weight excluding hydrogens is 238 g/mol. The number of rotatable bonds is 7. The van der Waals surface area contributed by atoms with Crippen LogP contribution in [0.25, 0.3) is 0 Å². The normalized spacial score (nSPS) is 12.4. The summed E-state index contributed by atoms with van der Waals surface area (Å²) >= 11 is 0. The van der Waals surface area contributed by atoms with Crippen molar-refractivity contribution >= 4 is 10.8 Å². The molecule has 1 unspecified atom stereocenters. The van der Waals surface area contributed by atoms with Crippen LogP contribution in [0.3, 0.4) is 0 Å². The van der Waals surface area contributed by atoms with E-state index in [1.54, 1.807) is 18.4 Å². The number of nitrogens with one attached hydrogen (secondary N) is 1. The van der Waals surface area contributed by atoms with Crippen LogP contribution in [0.1, 0.15) is 12.0 Å². The molecular formula is C12H19NO3S. The zero-order chi connectivity index (χ0) is 12.7. The molecule has 0 saturated carbocycles. The molecule has 0 aliphatic rings. The summed E-state index contributed by atoms with van der Waals surface area (Å²) in [7, 11) is 0.808. The van der Waals surface area contributed by atoms with E-state index in [0.29, 0.717) is 12.3 Å². The van der Waals surface area contributed by atoms with Crippen molar-refractivity contribution in [1.82, 2.24) is 5.32 Å². The smallest absolute Gasteiger partial charge is 0.160 e. The second-order valence-corrected chi connectivity index (χ2v) is 5.37. The third-order valence-corrected chi connectivity index (χ3v) is 3.22. The number of methoxy groups -OCH3 is 1. The van der Waals surface area contributed by atoms with Gasteiger partial charge in [-0.1, -0.05) is 6.07 Å². The highest BCUT2D eigenvalue weighted by atomic mass is 32.2. The van der Waals surface area contributed by atoms with Crippen LogP contribution in [-0.4, -0.2) is 35.0 Å². The van der Waals surface area contributed by atoms with Crippen molar-refractivity contribution in [1.29, 1.82) is 0 Å². The molecule has 0 heterocycles. The predicted octanol–water partition coefficient (Wildman–Crippen LogP) is 1.26. The maximum Gasteiger partial charge on any atom is 0.160 e. The third-order valence-electron chi connectivity index (χ3n) is 2.36. The second-order valence-electron chi connectivity index (χ2n) is 3.81. The lowest BCUT2D eigenvalue weighted by Gasteiger charge is -2.07. The number of phenolic OH excluding ortho intramolecular Hbond substituents is 1. The quantitative estimate of drug-likeness (QED) is 0.722. The Balaban J connectivity index is 2.32. The van der Waals surface area contributed by atoms with E-state index in [1.165, 1.54) is 7.11 Å². The lowest BCUT2D eigenvalue weighted by Crippen LogP contribution is -2.16. The summed E-state index contributed by atoms with van der Waals surface area (Å²) in [5.41, 5.74) is 1.00. The molecule has 0 radical (unpaired) electrons. The van der Waals surface area contributed by atoms with E-state index >= 15 is 0 Å². The number of ether oxygens (including phenoxy) is 1. The van der Waals surface area contributed by atoms with Crippen LogP contribution in [0.5, 0.6) is 11.5 Å². The Morgan fingerprint density at radius 2 is 2.24 bits per heavy atom. The zero-order valence-corrected chi connectivity index (χ0v) is 11.0. The maximum atomic E-state index is 10.8. The fourth-order valence-electron chi connectivity index (χ4n) is 1.48. The Hall–Kier alpha value is -1.07. The number of phenols is 1. The topological polar surface area (TPSA) is 58.6 Å². The van der Waals surface area contributed by atoms with Crippen molar-refractivity contribution in [2.75, 3.05) is 25.7 Å². The molecule has 1 rings (SSSR count). The fraction of sp³-hybridized carbons (Fsp3) is 0.500. The van der Waals surface area contributed by atoms with Gasteiger partial charge in [0, 0.05) is 29.4 Å². The molecule has 5 heteroatoms. The third kappa shape index (κ3) is 5.19. The summed E-state index contributed by atoms with van der Waals surface area (Å²) < 4.78 is 15.8. The average Bonchev–Trinajstić information content (AvgIpc) is 2.28. The summed E-state index contributed by atoms with van der Waals surface area (Å²) in [6.07, 6.45) is 2.60. The number of benzene rings is 1. The molecule has 1 atom stereocenters. The van der Waals surface area contributed by atoms with E-state index in [0.717, 1.165) is 24.3 Å². The van der Waals surface area contributed by atoms with E-state index in [2.05, 4.69) is 5.32 Å². The van der Waals surface area contributed by atoms with Gasteiger partial charge in [0.1, 0.15) is 0 Å². The Kier molecular flexibility index (Phi) is 6.00. The molecule has 17 heavy (non-hydrogen) atoms. The van der Waals surface area contributed by atoms with Crippen LogP contribution in [0, 0.1) is 0 Å². The zero-order valence-electron chi connectivity index (χ0n) is 10.2. The van der Waals surface area contributed by atoms with Crippen LogP contribution < -0.4 is 10.1 Å². The molecule has 0 fully saturated rings. The van der Waals surface area contributed by atoms with Crippen molar-refractivity contribution in [2.45, 2.75) is 13.0 Å². The van der Waals surface area contributed by atoms with E-state index in [9.17, 15) is 9.32 Å². The van der Waals surface area contributed by atoms with Crippen LogP contribution in [0.15, 0.2) is 18.2 Å². The standard InChI is InChI=1S/C12H19NO3S/c1-16-12-5-4-10(8-11(12)14)9-13-6-3-7-17(2)15/h4-5,8,13-14H,3,6-7,9H2,1-2H3. The molecule has 0 aromatic heterocycles. The van der Waals surface area contributed by atoms with Gasteiger partial charge in [0.25, 0.3) is 0 Å². The first-order chi connectivity index (χ1) is 8.13. The first-order valence-corrected chi connectivity index (χ1v) is 7.23. The molecule has 0 aliphatic heterocycles. The lowest BCUT2D eigenvalue weighted by molar-refractivity contribution is 0.373. The largest absolute Gasteiger partial charge is 0.504 e. The van der Waals surface area contributed by atoms with E-state index in [1.807, 2.05) is 6.07 Å². The SMILES string of the molecule is COc1ccc(CNCCCS(C)=O)cc1O. The summed E-state index contributed by atoms with van der Waals surface area (Å²) in [4.78, 5) is 0. The van der Waals surface area contributed by atoms with Gasteiger partial charge in [-0.15, -0.1) is 0 Å². The van der Waals surface area contributed by atoms with Gasteiger partial charge in [-0.25, -0.2) is 0 Å². The average molecular weight is 257 g/mol. The van der Waals surface area contributed by atoms with Gasteiger partial charge in [0.15, 0.2) is 11.5 Å². The van der Waals surface area contributed by atoms with Gasteiger partial charge in [-0.05, 0) is 30.7 Å². The lowest BCUT2D eigenvalue weighted by atomic mass is 10.2. The van der Waals surface area contributed by atoms with Crippen LogP contribution in [0.2, 0.25) is 0 Å². The minimum Gasteiger partial charge on any atom is -0.504 e. The molecule has 96 valence electrons. The maximum absolute atomic E-state index is 10.8. The van der Waals surface area contributed by atoms with Crippen LogP contribution >= 0.6 is 0 Å². The van der Waals surface area contributed by atoms with Crippen LogP contribution in [-0.2, 0) is 17.3 Å². The van der Waals surface area contributed by atoms with Gasteiger partial charge in [0.05, 0.1) is 7.11 Å². The number of hydrogen-bond acceptors (Lipinski definition) is 4. The van der Waals surface area contributed by atoms with Crippen molar-refractivity contribution in [2.24, 2.45) is 0 Å². The highest BCUT2D eigenvalue weighted by Gasteiger charge is 2.01. The Morgan fingerprint density at radius 3 is 2.82 bits per heavy atom. The highest BCUT2D eigenvalue weighted by Crippen LogP contribution is 2.25. The Labute approximate surface area is 104 Å². The summed E-state index contributed by atoms with van der Waals surface area (Å²) in [5.74, 6) is 1.36. The molecule has 0 amide bonds. The number of aromatic hydroxyl groups is 1. The van der Waals surface area contributed by atoms with Gasteiger partial charge in [0.2, 0.25) is 0 Å². The van der Waals surface area contributed by atoms with Crippen molar-refractivity contribution in [3.05, 3.63) is 23.8 Å². The monoisotopic (exact) mass is 257 g/mol. The van der Waals surface area contributed by atoms with Crippen LogP contribution in [0.4, 0.5) is 0 Å². The molecule has 0 bridgehead atoms. The molecule has 2 N–H and O–H groups in total.